The summed E-state index contributed by atoms with van der Waals surface area (Å²) in [6, 6.07) is 5.54. The van der Waals surface area contributed by atoms with Crippen molar-refractivity contribution in [3.8, 4) is 0 Å². The number of aromatic nitrogens is 2. The van der Waals surface area contributed by atoms with Gasteiger partial charge in [-0.1, -0.05) is 11.6 Å². The second kappa shape index (κ2) is 8.14. The minimum absolute atomic E-state index is 0.207. The van der Waals surface area contributed by atoms with Crippen molar-refractivity contribution < 1.29 is 13.2 Å². The van der Waals surface area contributed by atoms with E-state index in [4.69, 9.17) is 11.6 Å². The molecule has 1 fully saturated rings. The quantitative estimate of drug-likeness (QED) is 0.747. The third-order valence-electron chi connectivity index (χ3n) is 4.73. The molecule has 1 amide bonds. The maximum Gasteiger partial charge on any atom is 0.279 e. The number of nitrogens with zero attached hydrogens (tertiary/aromatic N) is 3. The molecule has 0 aliphatic carbocycles. The molecule has 1 saturated heterocycles. The minimum Gasteiger partial charge on any atom is -0.342 e. The van der Waals surface area contributed by atoms with Crippen molar-refractivity contribution in [1.29, 1.82) is 0 Å². The highest BCUT2D eigenvalue weighted by Crippen LogP contribution is 2.22. The number of aromatic amines is 1. The molecule has 0 bridgehead atoms. The van der Waals surface area contributed by atoms with Crippen LogP contribution < -0.4 is 4.72 Å². The van der Waals surface area contributed by atoms with E-state index in [1.54, 1.807) is 4.90 Å². The van der Waals surface area contributed by atoms with E-state index in [2.05, 4.69) is 14.7 Å². The largest absolute Gasteiger partial charge is 0.342 e. The zero-order valence-corrected chi connectivity index (χ0v) is 17.0. The fraction of sp³-hybridized carbons (Fsp3) is 0.529. The summed E-state index contributed by atoms with van der Waals surface area (Å²) in [6.07, 6.45) is 2.63. The Labute approximate surface area is 164 Å². The van der Waals surface area contributed by atoms with Crippen LogP contribution in [0, 0.1) is 5.92 Å². The van der Waals surface area contributed by atoms with Crippen LogP contribution in [0.15, 0.2) is 18.2 Å². The van der Waals surface area contributed by atoms with Gasteiger partial charge in [0.2, 0.25) is 5.91 Å². The number of imidazole rings is 1. The normalized spacial score (nSPS) is 18.4. The number of piperidine rings is 1. The Hall–Kier alpha value is -1.68. The van der Waals surface area contributed by atoms with Gasteiger partial charge < -0.3 is 9.88 Å². The van der Waals surface area contributed by atoms with Crippen LogP contribution in [0.1, 0.15) is 18.7 Å². The summed E-state index contributed by atoms with van der Waals surface area (Å²) in [5.74, 6) is 0.950. The molecule has 10 heteroatoms. The van der Waals surface area contributed by atoms with E-state index in [0.29, 0.717) is 18.1 Å². The summed E-state index contributed by atoms with van der Waals surface area (Å²) in [5.41, 5.74) is 1.77. The van der Waals surface area contributed by atoms with Crippen LogP contribution in [0.25, 0.3) is 11.0 Å². The number of fused-ring (bicyclic) bond motifs is 1. The number of H-pyrrole nitrogens is 1. The monoisotopic (exact) mass is 413 g/mol. The molecule has 0 spiro atoms. The molecule has 1 aromatic carbocycles. The minimum atomic E-state index is -3.60. The first kappa shape index (κ1) is 20.1. The summed E-state index contributed by atoms with van der Waals surface area (Å²) < 4.78 is 26.9. The van der Waals surface area contributed by atoms with Gasteiger partial charge in [-0.05, 0) is 37.0 Å². The lowest BCUT2D eigenvalue weighted by Crippen LogP contribution is -2.47. The first-order valence-electron chi connectivity index (χ1n) is 8.83. The van der Waals surface area contributed by atoms with Crippen molar-refractivity contribution in [2.45, 2.75) is 19.3 Å². The Balaban J connectivity index is 1.59. The van der Waals surface area contributed by atoms with Crippen molar-refractivity contribution in [3.05, 3.63) is 29.0 Å². The molecule has 0 unspecified atom stereocenters. The zero-order valence-electron chi connectivity index (χ0n) is 15.4. The highest BCUT2D eigenvalue weighted by atomic mass is 35.5. The van der Waals surface area contributed by atoms with Gasteiger partial charge in [-0.15, -0.1) is 0 Å². The highest BCUT2D eigenvalue weighted by molar-refractivity contribution is 7.87. The molecule has 1 aliphatic rings. The third kappa shape index (κ3) is 4.98. The predicted octanol–water partition coefficient (Wildman–Crippen LogP) is 1.39. The van der Waals surface area contributed by atoms with Crippen LogP contribution in [0.2, 0.25) is 5.02 Å². The smallest absolute Gasteiger partial charge is 0.279 e. The molecule has 0 radical (unpaired) electrons. The van der Waals surface area contributed by atoms with E-state index in [1.165, 1.54) is 14.1 Å². The van der Waals surface area contributed by atoms with Gasteiger partial charge in [0.15, 0.2) is 0 Å². The molecule has 27 heavy (non-hydrogen) atoms. The third-order valence-corrected chi connectivity index (χ3v) is 6.44. The Bertz CT molecular complexity index is 928. The average Bonchev–Trinajstić information content (AvgIpc) is 3.01. The van der Waals surface area contributed by atoms with E-state index in [-0.39, 0.29) is 18.4 Å². The molecule has 2 N–H and O–H groups in total. The molecule has 0 saturated carbocycles. The number of likely N-dealkylation sites (tertiary alicyclic amines) is 1. The van der Waals surface area contributed by atoms with Gasteiger partial charge >= 0.3 is 0 Å². The zero-order chi connectivity index (χ0) is 19.6. The maximum atomic E-state index is 12.4. The summed E-state index contributed by atoms with van der Waals surface area (Å²) in [4.78, 5) is 22.0. The van der Waals surface area contributed by atoms with Crippen LogP contribution in [-0.4, -0.2) is 67.2 Å². The molecule has 148 valence electrons. The van der Waals surface area contributed by atoms with Crippen molar-refractivity contribution in [2.24, 2.45) is 5.92 Å². The van der Waals surface area contributed by atoms with Crippen LogP contribution in [-0.2, 0) is 21.4 Å². The number of amides is 1. The van der Waals surface area contributed by atoms with Crippen molar-refractivity contribution >= 4 is 38.8 Å². The van der Waals surface area contributed by atoms with Gasteiger partial charge in [-0.25, -0.2) is 4.98 Å². The lowest BCUT2D eigenvalue weighted by Gasteiger charge is -2.32. The summed E-state index contributed by atoms with van der Waals surface area (Å²) in [7, 11) is -0.761. The Morgan fingerprint density at radius 1 is 1.44 bits per heavy atom. The van der Waals surface area contributed by atoms with Gasteiger partial charge in [0.1, 0.15) is 5.82 Å². The van der Waals surface area contributed by atoms with E-state index in [9.17, 15) is 13.2 Å². The number of carbonyl (C=O) groups is 1. The first-order chi connectivity index (χ1) is 12.7. The second-order valence-electron chi connectivity index (χ2n) is 7.01. The second-order valence-corrected chi connectivity index (χ2v) is 9.41. The Kier molecular flexibility index (Phi) is 6.05. The van der Waals surface area contributed by atoms with Crippen LogP contribution >= 0.6 is 11.6 Å². The van der Waals surface area contributed by atoms with Crippen molar-refractivity contribution in [1.82, 2.24) is 23.9 Å². The number of carbonyl (C=O) groups excluding carboxylic acids is 1. The summed E-state index contributed by atoms with van der Waals surface area (Å²) >= 11 is 6.01. The lowest BCUT2D eigenvalue weighted by molar-refractivity contribution is -0.131. The fourth-order valence-corrected chi connectivity index (χ4v) is 3.99. The molecule has 2 aromatic rings. The van der Waals surface area contributed by atoms with Gasteiger partial charge in [-0.2, -0.15) is 17.4 Å². The summed E-state index contributed by atoms with van der Waals surface area (Å²) in [6.45, 7) is 1.02. The van der Waals surface area contributed by atoms with Crippen molar-refractivity contribution in [2.75, 3.05) is 33.7 Å². The highest BCUT2D eigenvalue weighted by Gasteiger charge is 2.25. The van der Waals surface area contributed by atoms with E-state index in [1.807, 2.05) is 18.2 Å². The number of benzene rings is 1. The van der Waals surface area contributed by atoms with Crippen molar-refractivity contribution in [3.63, 3.8) is 0 Å². The van der Waals surface area contributed by atoms with E-state index in [0.717, 1.165) is 40.4 Å². The first-order valence-corrected chi connectivity index (χ1v) is 10.7. The van der Waals surface area contributed by atoms with Gasteiger partial charge in [0.05, 0.1) is 17.6 Å². The van der Waals surface area contributed by atoms with Crippen LogP contribution in [0.5, 0.6) is 0 Å². The number of hydrogen-bond donors (Lipinski definition) is 2. The molecular weight excluding hydrogens is 390 g/mol. The van der Waals surface area contributed by atoms with Crippen LogP contribution in [0.4, 0.5) is 0 Å². The molecule has 1 atom stereocenters. The lowest BCUT2D eigenvalue weighted by atomic mass is 9.94. The predicted molar refractivity (Wildman–Crippen MR) is 105 cm³/mol. The molecule has 2 heterocycles. The molecular formula is C17H24ClN5O3S. The Morgan fingerprint density at radius 2 is 2.22 bits per heavy atom. The standard InChI is InChI=1S/C17H24ClN5O3S/c1-22(2)27(25,26)19-10-17(24)23-7-3-4-12(11-23)8-16-20-14-6-5-13(18)9-15(14)21-16/h5-6,9,12,19H,3-4,7-8,10-11H2,1-2H3,(H,20,21)/t12-/m1/s1. The molecule has 1 aliphatic heterocycles. The topological polar surface area (TPSA) is 98.4 Å². The van der Waals surface area contributed by atoms with Gasteiger partial charge in [-0.3, -0.25) is 4.79 Å². The molecule has 1 aromatic heterocycles. The number of halogens is 1. The molecule has 8 nitrogen and oxygen atoms in total. The van der Waals surface area contributed by atoms with Crippen LogP contribution in [0.3, 0.4) is 0 Å². The molecule has 3 rings (SSSR count). The van der Waals surface area contributed by atoms with E-state index >= 15 is 0 Å². The number of rotatable bonds is 6. The van der Waals surface area contributed by atoms with E-state index < -0.39 is 10.2 Å². The maximum absolute atomic E-state index is 12.4. The SMILES string of the molecule is CN(C)S(=O)(=O)NCC(=O)N1CCC[C@H](Cc2nc3ccc(Cl)cc3[nH]2)C1. The number of hydrogen-bond acceptors (Lipinski definition) is 4. The average molecular weight is 414 g/mol. The fourth-order valence-electron chi connectivity index (χ4n) is 3.26. The summed E-state index contributed by atoms with van der Waals surface area (Å²) in [5, 5.41) is 0.660. The van der Waals surface area contributed by atoms with Gasteiger partial charge in [0.25, 0.3) is 10.2 Å². The Morgan fingerprint density at radius 3 is 2.96 bits per heavy atom. The van der Waals surface area contributed by atoms with Gasteiger partial charge in [0, 0.05) is 38.6 Å². The number of nitrogens with one attached hydrogen (secondary N) is 2.